The number of carbonyl (C=O) groups excluding carboxylic acids is 1. The van der Waals surface area contributed by atoms with Crippen LogP contribution in [0.4, 0.5) is 0 Å². The second-order valence-electron chi connectivity index (χ2n) is 6.23. The summed E-state index contributed by atoms with van der Waals surface area (Å²) in [6.07, 6.45) is 16.8. The highest BCUT2D eigenvalue weighted by Crippen LogP contribution is 2.15. The molecule has 0 aromatic carbocycles. The van der Waals surface area contributed by atoms with Crippen molar-refractivity contribution in [2.75, 3.05) is 6.61 Å². The van der Waals surface area contributed by atoms with Gasteiger partial charge in [0.25, 0.3) is 0 Å². The lowest BCUT2D eigenvalue weighted by Gasteiger charge is -2.19. The molecule has 0 unspecified atom stereocenters. The zero-order valence-electron chi connectivity index (χ0n) is 14.6. The summed E-state index contributed by atoms with van der Waals surface area (Å²) in [5.41, 5.74) is 0. The summed E-state index contributed by atoms with van der Waals surface area (Å²) < 4.78 is 5.19. The van der Waals surface area contributed by atoms with Crippen molar-refractivity contribution in [1.82, 2.24) is 0 Å². The van der Waals surface area contributed by atoms with Crippen LogP contribution in [-0.2, 0) is 9.53 Å². The van der Waals surface area contributed by atoms with Gasteiger partial charge >= 0.3 is 5.97 Å². The average molecular weight is 326 g/mol. The number of terminal acetylenes is 1. The Balaban J connectivity index is 3.54. The number of aliphatic hydroxyl groups is 2. The third kappa shape index (κ3) is 15.6. The van der Waals surface area contributed by atoms with Crippen molar-refractivity contribution in [1.29, 1.82) is 0 Å². The average Bonchev–Trinajstić information content (AvgIpc) is 2.51. The summed E-state index contributed by atoms with van der Waals surface area (Å²) in [6.45, 7) is 1.08. The third-order valence-electron chi connectivity index (χ3n) is 3.93. The van der Waals surface area contributed by atoms with E-state index in [-0.39, 0.29) is 18.7 Å². The van der Waals surface area contributed by atoms with Crippen molar-refractivity contribution in [3.8, 4) is 12.3 Å². The van der Waals surface area contributed by atoms with Gasteiger partial charge in [-0.25, -0.2) is 0 Å². The number of hydrogen-bond acceptors (Lipinski definition) is 4. The lowest BCUT2D eigenvalue weighted by molar-refractivity contribution is -0.148. The van der Waals surface area contributed by atoms with Gasteiger partial charge in [0, 0.05) is 19.8 Å². The van der Waals surface area contributed by atoms with Crippen molar-refractivity contribution in [3.05, 3.63) is 0 Å². The standard InChI is InChI=1S/C19H34O4/c1-3-4-5-6-7-8-9-10-11-12-13-14-19(23-17(2)21)15-18(22)16-20/h1,18-20,22H,4-16H2,2H3/t18-,19-/m0/s1. The molecule has 0 aliphatic heterocycles. The molecule has 2 atom stereocenters. The SMILES string of the molecule is C#CCCCCCCCCCCC[C@@H](C[C@H](O)CO)OC(C)=O. The van der Waals surface area contributed by atoms with Crippen LogP contribution in [0.5, 0.6) is 0 Å². The fourth-order valence-corrected chi connectivity index (χ4v) is 2.67. The first kappa shape index (κ1) is 21.9. The molecular formula is C19H34O4. The van der Waals surface area contributed by atoms with E-state index in [0.717, 1.165) is 32.1 Å². The second-order valence-corrected chi connectivity index (χ2v) is 6.23. The Labute approximate surface area is 141 Å². The molecule has 0 aliphatic rings. The van der Waals surface area contributed by atoms with Gasteiger partial charge in [-0.05, 0) is 19.3 Å². The maximum Gasteiger partial charge on any atom is 0.302 e. The van der Waals surface area contributed by atoms with E-state index in [1.165, 1.54) is 45.4 Å². The lowest BCUT2D eigenvalue weighted by Crippen LogP contribution is -2.25. The second kappa shape index (κ2) is 15.8. The molecule has 0 aromatic heterocycles. The molecule has 0 aromatic rings. The molecule has 0 fully saturated rings. The first-order valence-electron chi connectivity index (χ1n) is 8.99. The Hall–Kier alpha value is -1.05. The summed E-state index contributed by atoms with van der Waals surface area (Å²) in [5, 5.41) is 18.3. The fraction of sp³-hybridized carbons (Fsp3) is 0.842. The molecule has 0 rings (SSSR count). The molecule has 4 nitrogen and oxygen atoms in total. The third-order valence-corrected chi connectivity index (χ3v) is 3.93. The molecule has 23 heavy (non-hydrogen) atoms. The summed E-state index contributed by atoms with van der Waals surface area (Å²) in [7, 11) is 0. The quantitative estimate of drug-likeness (QED) is 0.274. The predicted molar refractivity (Wildman–Crippen MR) is 92.9 cm³/mol. The Morgan fingerprint density at radius 1 is 1.04 bits per heavy atom. The number of aliphatic hydroxyl groups excluding tert-OH is 2. The van der Waals surface area contributed by atoms with Gasteiger partial charge in [0.05, 0.1) is 12.7 Å². The maximum atomic E-state index is 11.0. The zero-order chi connectivity index (χ0) is 17.3. The number of unbranched alkanes of at least 4 members (excludes halogenated alkanes) is 9. The van der Waals surface area contributed by atoms with Gasteiger partial charge < -0.3 is 14.9 Å². The van der Waals surface area contributed by atoms with E-state index in [1.54, 1.807) is 0 Å². The molecular weight excluding hydrogens is 292 g/mol. The van der Waals surface area contributed by atoms with Crippen LogP contribution in [0, 0.1) is 12.3 Å². The largest absolute Gasteiger partial charge is 0.462 e. The molecule has 0 aliphatic carbocycles. The molecule has 0 spiro atoms. The van der Waals surface area contributed by atoms with Gasteiger partial charge in [0.15, 0.2) is 0 Å². The van der Waals surface area contributed by atoms with Crippen molar-refractivity contribution < 1.29 is 19.7 Å². The number of esters is 1. The first-order chi connectivity index (χ1) is 11.1. The Morgan fingerprint density at radius 2 is 1.57 bits per heavy atom. The molecule has 0 saturated carbocycles. The van der Waals surface area contributed by atoms with Gasteiger partial charge in [-0.15, -0.1) is 12.3 Å². The zero-order valence-corrected chi connectivity index (χ0v) is 14.6. The van der Waals surface area contributed by atoms with Crippen molar-refractivity contribution in [2.45, 2.75) is 96.2 Å². The van der Waals surface area contributed by atoms with Crippen molar-refractivity contribution in [3.63, 3.8) is 0 Å². The highest BCUT2D eigenvalue weighted by molar-refractivity contribution is 5.66. The number of hydrogen-bond donors (Lipinski definition) is 2. The fourth-order valence-electron chi connectivity index (χ4n) is 2.67. The minimum absolute atomic E-state index is 0.286. The highest BCUT2D eigenvalue weighted by Gasteiger charge is 2.16. The smallest absolute Gasteiger partial charge is 0.302 e. The maximum absolute atomic E-state index is 11.0. The van der Waals surface area contributed by atoms with E-state index in [4.69, 9.17) is 16.3 Å². The van der Waals surface area contributed by atoms with Gasteiger partial charge in [-0.3, -0.25) is 4.79 Å². The summed E-state index contributed by atoms with van der Waals surface area (Å²) >= 11 is 0. The molecule has 2 N–H and O–H groups in total. The summed E-state index contributed by atoms with van der Waals surface area (Å²) in [4.78, 5) is 11.0. The van der Waals surface area contributed by atoms with Crippen LogP contribution in [0.1, 0.15) is 84.0 Å². The monoisotopic (exact) mass is 326 g/mol. The van der Waals surface area contributed by atoms with Crippen molar-refractivity contribution >= 4 is 5.97 Å². The molecule has 0 radical (unpaired) electrons. The van der Waals surface area contributed by atoms with E-state index < -0.39 is 6.10 Å². The molecule has 0 bridgehead atoms. The van der Waals surface area contributed by atoms with Crippen LogP contribution in [0.15, 0.2) is 0 Å². The first-order valence-corrected chi connectivity index (χ1v) is 8.99. The lowest BCUT2D eigenvalue weighted by atomic mass is 10.0. The Kier molecular flexibility index (Phi) is 15.1. The number of rotatable bonds is 15. The van der Waals surface area contributed by atoms with Crippen LogP contribution in [-0.4, -0.2) is 35.0 Å². The van der Waals surface area contributed by atoms with Crippen LogP contribution < -0.4 is 0 Å². The molecule has 0 heterocycles. The highest BCUT2D eigenvalue weighted by atomic mass is 16.5. The van der Waals surface area contributed by atoms with E-state index in [2.05, 4.69) is 5.92 Å². The number of carbonyl (C=O) groups is 1. The van der Waals surface area contributed by atoms with Crippen LogP contribution in [0.2, 0.25) is 0 Å². The normalized spacial score (nSPS) is 13.3. The Bertz CT molecular complexity index is 322. The van der Waals surface area contributed by atoms with Gasteiger partial charge in [-0.1, -0.05) is 44.9 Å². The van der Waals surface area contributed by atoms with Crippen molar-refractivity contribution in [2.24, 2.45) is 0 Å². The number of ether oxygens (including phenoxy) is 1. The van der Waals surface area contributed by atoms with Gasteiger partial charge in [0.1, 0.15) is 6.10 Å². The van der Waals surface area contributed by atoms with Crippen LogP contribution in [0.3, 0.4) is 0 Å². The van der Waals surface area contributed by atoms with Crippen LogP contribution in [0.25, 0.3) is 0 Å². The van der Waals surface area contributed by atoms with Crippen LogP contribution >= 0.6 is 0 Å². The minimum Gasteiger partial charge on any atom is -0.462 e. The molecule has 4 heteroatoms. The van der Waals surface area contributed by atoms with E-state index in [9.17, 15) is 9.90 Å². The van der Waals surface area contributed by atoms with E-state index >= 15 is 0 Å². The molecule has 0 saturated heterocycles. The predicted octanol–water partition coefficient (Wildman–Crippen LogP) is 3.59. The summed E-state index contributed by atoms with van der Waals surface area (Å²) in [5.74, 6) is 2.34. The Morgan fingerprint density at radius 3 is 2.04 bits per heavy atom. The minimum atomic E-state index is -0.811. The van der Waals surface area contributed by atoms with Gasteiger partial charge in [0.2, 0.25) is 0 Å². The van der Waals surface area contributed by atoms with E-state index in [1.807, 2.05) is 0 Å². The topological polar surface area (TPSA) is 66.8 Å². The molecule has 134 valence electrons. The molecule has 0 amide bonds. The van der Waals surface area contributed by atoms with Gasteiger partial charge in [-0.2, -0.15) is 0 Å². The van der Waals surface area contributed by atoms with E-state index in [0.29, 0.717) is 6.42 Å². The summed E-state index contributed by atoms with van der Waals surface area (Å²) in [6, 6.07) is 0.